The Hall–Kier alpha value is -2.36. The van der Waals surface area contributed by atoms with Crippen LogP contribution in [0.2, 0.25) is 0 Å². The van der Waals surface area contributed by atoms with Crippen LogP contribution in [0, 0.1) is 10.1 Å². The molecule has 0 aromatic heterocycles. The van der Waals surface area contributed by atoms with Crippen molar-refractivity contribution in [3.05, 3.63) is 81.9 Å². The van der Waals surface area contributed by atoms with Gasteiger partial charge in [0.1, 0.15) is 6.04 Å². The maximum atomic E-state index is 10.7. The summed E-state index contributed by atoms with van der Waals surface area (Å²) >= 11 is 0. The van der Waals surface area contributed by atoms with Crippen LogP contribution in [0.3, 0.4) is 0 Å². The molecule has 17 heavy (non-hydrogen) atoms. The molecular formula is C13H12N2O2. The van der Waals surface area contributed by atoms with Gasteiger partial charge in [-0.15, -0.1) is 5.43 Å². The SMILES string of the molecule is O=[N+]([O-])NC(c1ccccc1)c1ccccc1. The van der Waals surface area contributed by atoms with Gasteiger partial charge in [-0.1, -0.05) is 60.7 Å². The van der Waals surface area contributed by atoms with Gasteiger partial charge in [0.25, 0.3) is 0 Å². The molecule has 1 N–H and O–H groups in total. The van der Waals surface area contributed by atoms with Gasteiger partial charge >= 0.3 is 0 Å². The predicted octanol–water partition coefficient (Wildman–Crippen LogP) is 2.56. The van der Waals surface area contributed by atoms with Gasteiger partial charge < -0.3 is 0 Å². The molecule has 0 radical (unpaired) electrons. The van der Waals surface area contributed by atoms with E-state index in [0.717, 1.165) is 11.1 Å². The minimum atomic E-state index is -0.509. The number of hydrogen-bond acceptors (Lipinski definition) is 2. The summed E-state index contributed by atoms with van der Waals surface area (Å²) in [6, 6.07) is 18.3. The molecule has 0 aliphatic rings. The van der Waals surface area contributed by atoms with E-state index in [0.29, 0.717) is 0 Å². The lowest BCUT2D eigenvalue weighted by atomic mass is 10.00. The fourth-order valence-corrected chi connectivity index (χ4v) is 1.74. The molecule has 2 aromatic carbocycles. The summed E-state index contributed by atoms with van der Waals surface area (Å²) in [4.78, 5) is 10.7. The molecule has 0 bridgehead atoms. The Morgan fingerprint density at radius 2 is 1.29 bits per heavy atom. The zero-order valence-corrected chi connectivity index (χ0v) is 9.11. The molecule has 0 saturated heterocycles. The van der Waals surface area contributed by atoms with Gasteiger partial charge in [0.05, 0.1) is 0 Å². The second kappa shape index (κ2) is 5.12. The third-order valence-corrected chi connectivity index (χ3v) is 2.50. The van der Waals surface area contributed by atoms with Gasteiger partial charge in [0, 0.05) is 0 Å². The van der Waals surface area contributed by atoms with Crippen molar-refractivity contribution in [1.29, 1.82) is 0 Å². The number of hydrazine groups is 1. The first-order valence-corrected chi connectivity index (χ1v) is 5.28. The van der Waals surface area contributed by atoms with E-state index in [2.05, 4.69) is 5.43 Å². The number of nitrogens with one attached hydrogen (secondary N) is 1. The highest BCUT2D eigenvalue weighted by Gasteiger charge is 2.17. The summed E-state index contributed by atoms with van der Waals surface area (Å²) in [5.41, 5.74) is 4.08. The van der Waals surface area contributed by atoms with Crippen LogP contribution in [0.15, 0.2) is 60.7 Å². The van der Waals surface area contributed by atoms with Crippen molar-refractivity contribution in [3.63, 3.8) is 0 Å². The van der Waals surface area contributed by atoms with E-state index < -0.39 is 11.1 Å². The first kappa shape index (κ1) is 11.1. The first-order chi connectivity index (χ1) is 8.27. The Bertz CT molecular complexity index is 446. The molecule has 86 valence electrons. The van der Waals surface area contributed by atoms with Crippen LogP contribution in [-0.4, -0.2) is 5.03 Å². The molecule has 0 fully saturated rings. The van der Waals surface area contributed by atoms with Gasteiger partial charge in [-0.25, -0.2) is 10.1 Å². The second-order valence-electron chi connectivity index (χ2n) is 3.64. The summed E-state index contributed by atoms with van der Waals surface area (Å²) in [6.45, 7) is 0. The van der Waals surface area contributed by atoms with Crippen LogP contribution in [0.1, 0.15) is 17.2 Å². The molecule has 2 aromatic rings. The first-order valence-electron chi connectivity index (χ1n) is 5.28. The van der Waals surface area contributed by atoms with Crippen LogP contribution in [-0.2, 0) is 0 Å². The number of nitrogens with zero attached hydrogens (tertiary/aromatic N) is 1. The zero-order valence-electron chi connectivity index (χ0n) is 9.11. The Morgan fingerprint density at radius 1 is 0.882 bits per heavy atom. The molecule has 2 rings (SSSR count). The highest BCUT2D eigenvalue weighted by molar-refractivity contribution is 5.30. The molecule has 0 aliphatic carbocycles. The van der Waals surface area contributed by atoms with Crippen molar-refractivity contribution < 1.29 is 5.03 Å². The van der Waals surface area contributed by atoms with Gasteiger partial charge in [-0.2, -0.15) is 0 Å². The van der Waals surface area contributed by atoms with Crippen LogP contribution < -0.4 is 5.43 Å². The number of rotatable bonds is 4. The number of benzene rings is 2. The second-order valence-corrected chi connectivity index (χ2v) is 3.64. The fraction of sp³-hybridized carbons (Fsp3) is 0.0769. The van der Waals surface area contributed by atoms with Crippen LogP contribution >= 0.6 is 0 Å². The molecule has 0 aliphatic heterocycles. The van der Waals surface area contributed by atoms with Gasteiger partial charge in [0.2, 0.25) is 0 Å². The Labute approximate surface area is 99.0 Å². The standard InChI is InChI=1S/C13H12N2O2/c16-15(17)14-13(11-7-3-1-4-8-11)12-9-5-2-6-10-12/h1-10,13-14H. The minimum Gasteiger partial charge on any atom is -0.235 e. The molecule has 0 unspecified atom stereocenters. The van der Waals surface area contributed by atoms with E-state index in [1.165, 1.54) is 0 Å². The van der Waals surface area contributed by atoms with Crippen LogP contribution in [0.4, 0.5) is 0 Å². The topological polar surface area (TPSA) is 55.2 Å². The van der Waals surface area contributed by atoms with E-state index >= 15 is 0 Å². The average Bonchev–Trinajstić information content (AvgIpc) is 2.38. The molecule has 0 heterocycles. The van der Waals surface area contributed by atoms with Crippen molar-refractivity contribution >= 4 is 0 Å². The molecular weight excluding hydrogens is 216 g/mol. The lowest BCUT2D eigenvalue weighted by Gasteiger charge is -2.14. The van der Waals surface area contributed by atoms with Gasteiger partial charge in [0.15, 0.2) is 5.03 Å². The number of hydrogen-bond donors (Lipinski definition) is 1. The monoisotopic (exact) mass is 228 g/mol. The maximum absolute atomic E-state index is 10.7. The maximum Gasteiger partial charge on any atom is 0.158 e. The van der Waals surface area contributed by atoms with Gasteiger partial charge in [-0.3, -0.25) is 0 Å². The molecule has 4 nitrogen and oxygen atoms in total. The normalized spacial score (nSPS) is 10.2. The van der Waals surface area contributed by atoms with Gasteiger partial charge in [-0.05, 0) is 11.1 Å². The molecule has 0 spiro atoms. The molecule has 4 heteroatoms. The summed E-state index contributed by atoms with van der Waals surface area (Å²) in [5.74, 6) is 0. The predicted molar refractivity (Wildman–Crippen MR) is 64.9 cm³/mol. The van der Waals surface area contributed by atoms with Crippen molar-refractivity contribution in [2.75, 3.05) is 0 Å². The fourth-order valence-electron chi connectivity index (χ4n) is 1.74. The van der Waals surface area contributed by atoms with E-state index in [1.807, 2.05) is 60.7 Å². The van der Waals surface area contributed by atoms with Crippen LogP contribution in [0.25, 0.3) is 0 Å². The Kier molecular flexibility index (Phi) is 3.35. The quantitative estimate of drug-likeness (QED) is 0.646. The van der Waals surface area contributed by atoms with E-state index in [1.54, 1.807) is 0 Å². The highest BCUT2D eigenvalue weighted by atomic mass is 16.7. The Morgan fingerprint density at radius 3 is 1.65 bits per heavy atom. The average molecular weight is 228 g/mol. The molecule has 0 saturated carbocycles. The van der Waals surface area contributed by atoms with Crippen molar-refractivity contribution in [2.45, 2.75) is 6.04 Å². The zero-order chi connectivity index (χ0) is 12.1. The summed E-state index contributed by atoms with van der Waals surface area (Å²) in [6.07, 6.45) is 0. The lowest BCUT2D eigenvalue weighted by Crippen LogP contribution is -2.28. The van der Waals surface area contributed by atoms with Crippen molar-refractivity contribution in [3.8, 4) is 0 Å². The summed E-state index contributed by atoms with van der Waals surface area (Å²) in [5, 5.41) is 10.1. The van der Waals surface area contributed by atoms with Crippen molar-refractivity contribution in [2.24, 2.45) is 0 Å². The van der Waals surface area contributed by atoms with E-state index in [9.17, 15) is 10.1 Å². The number of nitro groups is 1. The van der Waals surface area contributed by atoms with Crippen molar-refractivity contribution in [1.82, 2.24) is 5.43 Å². The smallest absolute Gasteiger partial charge is 0.158 e. The van der Waals surface area contributed by atoms with E-state index in [-0.39, 0.29) is 0 Å². The third-order valence-electron chi connectivity index (χ3n) is 2.50. The summed E-state index contributed by atoms with van der Waals surface area (Å²) < 4.78 is 0. The van der Waals surface area contributed by atoms with E-state index in [4.69, 9.17) is 0 Å². The summed E-state index contributed by atoms with van der Waals surface area (Å²) in [7, 11) is 0. The lowest BCUT2D eigenvalue weighted by molar-refractivity contribution is -0.550. The minimum absolute atomic E-state index is 0.424. The largest absolute Gasteiger partial charge is 0.235 e. The third kappa shape index (κ3) is 2.81. The molecule has 0 atom stereocenters. The Balaban J connectivity index is 2.36. The highest BCUT2D eigenvalue weighted by Crippen LogP contribution is 2.21. The molecule has 0 amide bonds. The van der Waals surface area contributed by atoms with Crippen LogP contribution in [0.5, 0.6) is 0 Å².